The second-order valence-corrected chi connectivity index (χ2v) is 8.29. The summed E-state index contributed by atoms with van der Waals surface area (Å²) < 4.78 is -1.48. The maximum Gasteiger partial charge on any atom is 0.167 e. The van der Waals surface area contributed by atoms with E-state index < -0.39 is 14.1 Å². The van der Waals surface area contributed by atoms with Gasteiger partial charge in [-0.1, -0.05) is 58.6 Å². The quantitative estimate of drug-likeness (QED) is 0.402. The van der Waals surface area contributed by atoms with Crippen LogP contribution in [0.2, 0.25) is 0 Å². The summed E-state index contributed by atoms with van der Waals surface area (Å²) in [6.07, 6.45) is 3.69. The van der Waals surface area contributed by atoms with Crippen molar-refractivity contribution in [2.24, 2.45) is 11.8 Å². The van der Waals surface area contributed by atoms with Crippen LogP contribution in [0.4, 0.5) is 0 Å². The summed E-state index contributed by atoms with van der Waals surface area (Å²) in [6.45, 7) is 0. The van der Waals surface area contributed by atoms with Crippen molar-refractivity contribution in [2.75, 3.05) is 0 Å². The Morgan fingerprint density at radius 3 is 2.00 bits per heavy atom. The first kappa shape index (κ1) is 13.5. The van der Waals surface area contributed by atoms with Gasteiger partial charge in [-0.05, 0) is 0 Å². The Balaban J connectivity index is 2.32. The van der Waals surface area contributed by atoms with E-state index in [2.05, 4.69) is 0 Å². The van der Waals surface area contributed by atoms with Gasteiger partial charge in [-0.3, -0.25) is 0 Å². The number of halogens is 7. The third-order valence-corrected chi connectivity index (χ3v) is 8.61. The summed E-state index contributed by atoms with van der Waals surface area (Å²) in [4.78, 5) is -2.45. The molecule has 0 unspecified atom stereocenters. The van der Waals surface area contributed by atoms with Crippen molar-refractivity contribution in [1.29, 1.82) is 0 Å². The molecule has 0 nitrogen and oxygen atoms in total. The fourth-order valence-corrected chi connectivity index (χ4v) is 6.60. The average molecular weight is 373 g/mol. The van der Waals surface area contributed by atoms with E-state index in [-0.39, 0.29) is 27.3 Å². The minimum Gasteiger partial charge on any atom is -0.118 e. The van der Waals surface area contributed by atoms with Crippen LogP contribution >= 0.6 is 81.2 Å². The highest BCUT2D eigenvalue weighted by molar-refractivity contribution is 6.66. The van der Waals surface area contributed by atoms with Crippen LogP contribution in [0.25, 0.3) is 0 Å². The average Bonchev–Trinajstić information content (AvgIpc) is 2.73. The molecule has 1 fully saturated rings. The van der Waals surface area contributed by atoms with Crippen LogP contribution in [0.5, 0.6) is 0 Å². The molecule has 94 valence electrons. The lowest BCUT2D eigenvalue weighted by atomic mass is 9.84. The SMILES string of the molecule is ClC1=C(Cl)[C@]2(Cl)[C@@H]3C=C[C@H](Cl)[C@H]3[C@@]1(Cl)C2(Cl)Cl. The Labute approximate surface area is 134 Å². The largest absolute Gasteiger partial charge is 0.167 e. The second-order valence-electron chi connectivity index (χ2n) is 4.51. The fraction of sp³-hybridized carbons (Fsp3) is 0.600. The molecule has 1 saturated carbocycles. The summed E-state index contributed by atoms with van der Waals surface area (Å²) in [6, 6.07) is 0. The molecule has 0 radical (unpaired) electrons. The molecule has 3 aliphatic carbocycles. The van der Waals surface area contributed by atoms with Gasteiger partial charge in [-0.25, -0.2) is 0 Å². The summed E-state index contributed by atoms with van der Waals surface area (Å²) in [7, 11) is 0. The molecule has 0 heterocycles. The molecule has 3 aliphatic rings. The lowest BCUT2D eigenvalue weighted by molar-refractivity contribution is 0.420. The first-order valence-electron chi connectivity index (χ1n) is 4.85. The van der Waals surface area contributed by atoms with Gasteiger partial charge in [0.05, 0.1) is 15.4 Å². The van der Waals surface area contributed by atoms with Gasteiger partial charge in [0.25, 0.3) is 0 Å². The van der Waals surface area contributed by atoms with Crippen LogP contribution in [-0.4, -0.2) is 19.5 Å². The maximum atomic E-state index is 6.57. The van der Waals surface area contributed by atoms with E-state index in [0.29, 0.717) is 0 Å². The highest BCUT2D eigenvalue weighted by Gasteiger charge is 2.83. The molecule has 7 heteroatoms. The number of rotatable bonds is 0. The number of alkyl halides is 5. The van der Waals surface area contributed by atoms with Gasteiger partial charge in [0, 0.05) is 11.8 Å². The Kier molecular flexibility index (Phi) is 2.84. The zero-order valence-corrected chi connectivity index (χ0v) is 13.3. The molecule has 17 heavy (non-hydrogen) atoms. The lowest BCUT2D eigenvalue weighted by Crippen LogP contribution is -2.45. The standard InChI is InChI=1S/C10H5Cl7/c11-4-2-1-3-5(4)9(15)7(13)6(12)8(3,14)10(9,16)17/h1-5H/t3-,4+,5+,8-,9+/m1/s1. The minimum absolute atomic E-state index is 0.205. The molecule has 0 N–H and O–H groups in total. The van der Waals surface area contributed by atoms with Crippen LogP contribution in [0.1, 0.15) is 0 Å². The zero-order chi connectivity index (χ0) is 12.8. The number of hydrogen-bond donors (Lipinski definition) is 0. The smallest absolute Gasteiger partial charge is 0.118 e. The Morgan fingerprint density at radius 1 is 0.882 bits per heavy atom. The van der Waals surface area contributed by atoms with Gasteiger partial charge in [0.2, 0.25) is 0 Å². The highest BCUT2D eigenvalue weighted by atomic mass is 35.5. The molecule has 3 rings (SSSR count). The Hall–Kier alpha value is 1.51. The third-order valence-electron chi connectivity index (χ3n) is 3.90. The molecule has 0 aliphatic heterocycles. The van der Waals surface area contributed by atoms with Crippen molar-refractivity contribution in [3.63, 3.8) is 0 Å². The summed E-state index contributed by atoms with van der Waals surface area (Å²) in [5.74, 6) is -0.470. The van der Waals surface area contributed by atoms with Crippen molar-refractivity contribution in [3.05, 3.63) is 22.2 Å². The Morgan fingerprint density at radius 2 is 1.41 bits per heavy atom. The van der Waals surface area contributed by atoms with Crippen LogP contribution in [0.3, 0.4) is 0 Å². The van der Waals surface area contributed by atoms with Gasteiger partial charge < -0.3 is 0 Å². The van der Waals surface area contributed by atoms with Crippen LogP contribution in [-0.2, 0) is 0 Å². The summed E-state index contributed by atoms with van der Waals surface area (Å²) >= 11 is 44.5. The van der Waals surface area contributed by atoms with Crippen molar-refractivity contribution >= 4 is 81.2 Å². The molecule has 0 aromatic heterocycles. The molecule has 2 bridgehead atoms. The van der Waals surface area contributed by atoms with Crippen molar-refractivity contribution < 1.29 is 0 Å². The second kappa shape index (κ2) is 3.58. The van der Waals surface area contributed by atoms with Gasteiger partial charge in [-0.2, -0.15) is 0 Å². The predicted molar refractivity (Wildman–Crippen MR) is 76.1 cm³/mol. The van der Waals surface area contributed by atoms with Crippen molar-refractivity contribution in [3.8, 4) is 0 Å². The molecule has 0 spiro atoms. The van der Waals surface area contributed by atoms with E-state index >= 15 is 0 Å². The number of fused-ring (bicyclic) bond motifs is 5. The zero-order valence-electron chi connectivity index (χ0n) is 8.03. The van der Waals surface area contributed by atoms with E-state index in [9.17, 15) is 0 Å². The van der Waals surface area contributed by atoms with Crippen LogP contribution < -0.4 is 0 Å². The van der Waals surface area contributed by atoms with Crippen LogP contribution in [0.15, 0.2) is 22.2 Å². The molecule has 0 aromatic carbocycles. The molecule has 0 amide bonds. The summed E-state index contributed by atoms with van der Waals surface area (Å²) in [5, 5.41) is 0.113. The maximum absolute atomic E-state index is 6.57. The number of hydrogen-bond acceptors (Lipinski definition) is 0. The lowest BCUT2D eigenvalue weighted by Gasteiger charge is -2.34. The molecule has 5 atom stereocenters. The van der Waals surface area contributed by atoms with Crippen molar-refractivity contribution in [2.45, 2.75) is 19.5 Å². The molecule has 0 aromatic rings. The van der Waals surface area contributed by atoms with Gasteiger partial charge in [-0.15, -0.1) is 34.8 Å². The molecular formula is C10H5Cl7. The highest BCUT2D eigenvalue weighted by Crippen LogP contribution is 2.78. The van der Waals surface area contributed by atoms with E-state index in [4.69, 9.17) is 81.2 Å². The topological polar surface area (TPSA) is 0 Å². The first-order valence-corrected chi connectivity index (χ1v) is 7.55. The summed E-state index contributed by atoms with van der Waals surface area (Å²) in [5.41, 5.74) is 0. The third kappa shape index (κ3) is 1.15. The van der Waals surface area contributed by atoms with Gasteiger partial charge in [0.1, 0.15) is 9.75 Å². The van der Waals surface area contributed by atoms with E-state index in [1.165, 1.54) is 0 Å². The van der Waals surface area contributed by atoms with E-state index in [1.54, 1.807) is 0 Å². The van der Waals surface area contributed by atoms with E-state index in [1.807, 2.05) is 12.2 Å². The molecular weight excluding hydrogens is 368 g/mol. The van der Waals surface area contributed by atoms with E-state index in [0.717, 1.165) is 0 Å². The predicted octanol–water partition coefficient (Wildman–Crippen LogP) is 5.24. The van der Waals surface area contributed by atoms with Crippen LogP contribution in [0, 0.1) is 11.8 Å². The van der Waals surface area contributed by atoms with Gasteiger partial charge in [0.15, 0.2) is 4.33 Å². The Bertz CT molecular complexity index is 467. The van der Waals surface area contributed by atoms with Gasteiger partial charge >= 0.3 is 0 Å². The molecule has 0 saturated heterocycles. The number of allylic oxidation sites excluding steroid dienone is 4. The van der Waals surface area contributed by atoms with Crippen molar-refractivity contribution in [1.82, 2.24) is 0 Å². The monoisotopic (exact) mass is 370 g/mol. The minimum atomic E-state index is -1.48. The normalized spacial score (nSPS) is 54.6. The first-order chi connectivity index (χ1) is 7.70. The fourth-order valence-electron chi connectivity index (χ4n) is 3.08.